The van der Waals surface area contributed by atoms with Crippen molar-refractivity contribution in [1.82, 2.24) is 5.32 Å². The van der Waals surface area contributed by atoms with Gasteiger partial charge in [0, 0.05) is 18.4 Å². The zero-order valence-electron chi connectivity index (χ0n) is 9.14. The van der Waals surface area contributed by atoms with Crippen LogP contribution in [0.25, 0.3) is 0 Å². The molecule has 0 aliphatic rings. The van der Waals surface area contributed by atoms with E-state index in [-0.39, 0.29) is 0 Å². The van der Waals surface area contributed by atoms with Gasteiger partial charge in [-0.25, -0.2) is 0 Å². The Labute approximate surface area is 86.8 Å². The van der Waals surface area contributed by atoms with Gasteiger partial charge in [-0.2, -0.15) is 11.8 Å². The average Bonchev–Trinajstić information content (AvgIpc) is 2.14. The lowest BCUT2D eigenvalue weighted by Gasteiger charge is -2.16. The van der Waals surface area contributed by atoms with Crippen LogP contribution in [-0.2, 0) is 4.74 Å². The van der Waals surface area contributed by atoms with Gasteiger partial charge in [-0.3, -0.25) is 0 Å². The minimum Gasteiger partial charge on any atom is -0.380 e. The summed E-state index contributed by atoms with van der Waals surface area (Å²) in [7, 11) is 0. The van der Waals surface area contributed by atoms with E-state index in [1.807, 2.05) is 18.7 Å². The summed E-state index contributed by atoms with van der Waals surface area (Å²) in [5.74, 6) is 2.43. The van der Waals surface area contributed by atoms with E-state index >= 15 is 0 Å². The van der Waals surface area contributed by atoms with Crippen molar-refractivity contribution in [2.24, 2.45) is 0 Å². The van der Waals surface area contributed by atoms with Crippen LogP contribution in [0.4, 0.5) is 0 Å². The second-order valence-corrected chi connectivity index (χ2v) is 4.14. The molecule has 0 heterocycles. The maximum Gasteiger partial charge on any atom is 0.0627 e. The predicted octanol–water partition coefficient (Wildman–Crippen LogP) is 2.14. The first kappa shape index (κ1) is 13.3. The van der Waals surface area contributed by atoms with Gasteiger partial charge in [0.25, 0.3) is 0 Å². The van der Waals surface area contributed by atoms with Gasteiger partial charge < -0.3 is 10.1 Å². The van der Waals surface area contributed by atoms with Crippen LogP contribution in [-0.4, -0.2) is 37.3 Å². The van der Waals surface area contributed by atoms with Crippen LogP contribution in [0.1, 0.15) is 27.2 Å². The van der Waals surface area contributed by atoms with Crippen molar-refractivity contribution >= 4 is 11.8 Å². The fourth-order valence-electron chi connectivity index (χ4n) is 1.08. The van der Waals surface area contributed by atoms with Crippen molar-refractivity contribution in [2.75, 3.05) is 31.3 Å². The Morgan fingerprint density at radius 1 is 1.31 bits per heavy atom. The van der Waals surface area contributed by atoms with E-state index in [9.17, 15) is 0 Å². The van der Waals surface area contributed by atoms with Gasteiger partial charge in [0.05, 0.1) is 6.61 Å². The lowest BCUT2D eigenvalue weighted by molar-refractivity contribution is 0.129. The Hall–Kier alpha value is 0.270. The molecule has 0 rings (SSSR count). The molecule has 0 aromatic heterocycles. The highest BCUT2D eigenvalue weighted by atomic mass is 32.2. The molecule has 0 aromatic rings. The molecule has 1 N–H and O–H groups in total. The third-order valence-electron chi connectivity index (χ3n) is 1.68. The Morgan fingerprint density at radius 2 is 2.08 bits per heavy atom. The molecule has 13 heavy (non-hydrogen) atoms. The molecule has 0 spiro atoms. The van der Waals surface area contributed by atoms with Crippen LogP contribution in [0.2, 0.25) is 0 Å². The molecule has 0 aromatic carbocycles. The average molecular weight is 205 g/mol. The van der Waals surface area contributed by atoms with E-state index in [2.05, 4.69) is 19.2 Å². The molecule has 2 nitrogen and oxygen atoms in total. The summed E-state index contributed by atoms with van der Waals surface area (Å²) in [4.78, 5) is 0. The monoisotopic (exact) mass is 205 g/mol. The molecule has 0 radical (unpaired) electrons. The van der Waals surface area contributed by atoms with Gasteiger partial charge in [-0.15, -0.1) is 0 Å². The van der Waals surface area contributed by atoms with Gasteiger partial charge in [0.15, 0.2) is 0 Å². The lowest BCUT2D eigenvalue weighted by Crippen LogP contribution is -2.35. The van der Waals surface area contributed by atoms with Crippen LogP contribution in [0, 0.1) is 0 Å². The van der Waals surface area contributed by atoms with Crippen molar-refractivity contribution in [3.8, 4) is 0 Å². The zero-order chi connectivity index (χ0) is 9.94. The van der Waals surface area contributed by atoms with Gasteiger partial charge in [-0.1, -0.05) is 13.8 Å². The van der Waals surface area contributed by atoms with Crippen LogP contribution in [0.15, 0.2) is 0 Å². The molecular weight excluding hydrogens is 182 g/mol. The first-order valence-electron chi connectivity index (χ1n) is 5.23. The van der Waals surface area contributed by atoms with Crippen LogP contribution in [0.5, 0.6) is 0 Å². The summed E-state index contributed by atoms with van der Waals surface area (Å²) in [6.07, 6.45) is 1.26. The normalized spacial score (nSPS) is 13.2. The summed E-state index contributed by atoms with van der Waals surface area (Å²) < 4.78 is 5.40. The van der Waals surface area contributed by atoms with Gasteiger partial charge >= 0.3 is 0 Å². The molecule has 0 aliphatic heterocycles. The summed E-state index contributed by atoms with van der Waals surface area (Å²) in [6.45, 7) is 9.11. The maximum absolute atomic E-state index is 5.40. The minimum absolute atomic E-state index is 0.529. The Morgan fingerprint density at radius 3 is 2.62 bits per heavy atom. The first-order chi connectivity index (χ1) is 6.35. The Kier molecular flexibility index (Phi) is 10.6. The number of thioether (sulfide) groups is 1. The molecule has 1 atom stereocenters. The van der Waals surface area contributed by atoms with Crippen molar-refractivity contribution in [1.29, 1.82) is 0 Å². The Balaban J connectivity index is 3.41. The van der Waals surface area contributed by atoms with Crippen LogP contribution >= 0.6 is 11.8 Å². The van der Waals surface area contributed by atoms with Gasteiger partial charge in [-0.05, 0) is 25.6 Å². The topological polar surface area (TPSA) is 21.3 Å². The van der Waals surface area contributed by atoms with E-state index < -0.39 is 0 Å². The minimum atomic E-state index is 0.529. The molecule has 0 saturated heterocycles. The molecule has 3 heteroatoms. The predicted molar refractivity (Wildman–Crippen MR) is 61.6 cm³/mol. The first-order valence-corrected chi connectivity index (χ1v) is 6.39. The summed E-state index contributed by atoms with van der Waals surface area (Å²) >= 11 is 2.01. The fraction of sp³-hybridized carbons (Fsp3) is 1.00. The van der Waals surface area contributed by atoms with E-state index in [1.54, 1.807) is 0 Å². The highest BCUT2D eigenvalue weighted by Gasteiger charge is 2.05. The highest BCUT2D eigenvalue weighted by molar-refractivity contribution is 7.99. The summed E-state index contributed by atoms with van der Waals surface area (Å²) in [5, 5.41) is 3.43. The summed E-state index contributed by atoms with van der Waals surface area (Å²) in [6, 6.07) is 0.529. The lowest BCUT2D eigenvalue weighted by atomic mass is 10.3. The zero-order valence-corrected chi connectivity index (χ0v) is 9.95. The van der Waals surface area contributed by atoms with Gasteiger partial charge in [0.2, 0.25) is 0 Å². The molecular formula is C10H23NOS. The number of nitrogens with one attached hydrogen (secondary N) is 1. The third-order valence-corrected chi connectivity index (χ3v) is 3.02. The molecule has 1 unspecified atom stereocenters. The summed E-state index contributed by atoms with van der Waals surface area (Å²) in [5.41, 5.74) is 0. The molecule has 80 valence electrons. The molecule has 0 aliphatic carbocycles. The number of rotatable bonds is 9. The van der Waals surface area contributed by atoms with E-state index in [0.717, 1.165) is 19.8 Å². The van der Waals surface area contributed by atoms with Crippen molar-refractivity contribution in [2.45, 2.75) is 33.2 Å². The third kappa shape index (κ3) is 8.60. The number of hydrogen-bond acceptors (Lipinski definition) is 3. The maximum atomic E-state index is 5.40. The van der Waals surface area contributed by atoms with Crippen molar-refractivity contribution in [3.05, 3.63) is 0 Å². The van der Waals surface area contributed by atoms with E-state index in [0.29, 0.717) is 6.04 Å². The molecule has 0 amide bonds. The van der Waals surface area contributed by atoms with Gasteiger partial charge in [0.1, 0.15) is 0 Å². The second kappa shape index (κ2) is 10.4. The standard InChI is InChI=1S/C10H23NOS/c1-4-7-13-9-10(11-5-2)8-12-6-3/h10-11H,4-9H2,1-3H3. The quantitative estimate of drug-likeness (QED) is 0.583. The fourth-order valence-corrected chi connectivity index (χ4v) is 2.04. The number of likely N-dealkylation sites (N-methyl/N-ethyl adjacent to an activating group) is 1. The largest absolute Gasteiger partial charge is 0.380 e. The number of hydrogen-bond donors (Lipinski definition) is 1. The smallest absolute Gasteiger partial charge is 0.0627 e. The molecule has 0 saturated carbocycles. The van der Waals surface area contributed by atoms with E-state index in [1.165, 1.54) is 17.9 Å². The van der Waals surface area contributed by atoms with Crippen molar-refractivity contribution < 1.29 is 4.74 Å². The van der Waals surface area contributed by atoms with Crippen LogP contribution < -0.4 is 5.32 Å². The SMILES string of the molecule is CCCSCC(COCC)NCC. The second-order valence-electron chi connectivity index (χ2n) is 2.99. The van der Waals surface area contributed by atoms with E-state index in [4.69, 9.17) is 4.74 Å². The van der Waals surface area contributed by atoms with Crippen LogP contribution in [0.3, 0.4) is 0 Å². The number of ether oxygens (including phenoxy) is 1. The van der Waals surface area contributed by atoms with Crippen molar-refractivity contribution in [3.63, 3.8) is 0 Å². The molecule has 0 bridgehead atoms. The Bertz CT molecular complexity index is 101. The molecule has 0 fully saturated rings. The highest BCUT2D eigenvalue weighted by Crippen LogP contribution is 2.04.